The lowest BCUT2D eigenvalue weighted by Gasteiger charge is -2.24. The maximum atomic E-state index is 13.1. The maximum Gasteiger partial charge on any atom is 0.247 e. The summed E-state index contributed by atoms with van der Waals surface area (Å²) in [5.41, 5.74) is 2.71. The first-order valence-electron chi connectivity index (χ1n) is 9.48. The third-order valence-corrected chi connectivity index (χ3v) is 5.96. The summed E-state index contributed by atoms with van der Waals surface area (Å²) in [6.07, 6.45) is 5.28. The predicted octanol–water partition coefficient (Wildman–Crippen LogP) is 5.33. The predicted molar refractivity (Wildman–Crippen MR) is 113 cm³/mol. The van der Waals surface area contributed by atoms with E-state index in [0.717, 1.165) is 47.0 Å². The van der Waals surface area contributed by atoms with Crippen molar-refractivity contribution in [1.29, 1.82) is 0 Å². The van der Waals surface area contributed by atoms with Crippen molar-refractivity contribution in [1.82, 2.24) is 9.88 Å². The van der Waals surface area contributed by atoms with Gasteiger partial charge in [0, 0.05) is 23.6 Å². The van der Waals surface area contributed by atoms with Crippen LogP contribution in [0.3, 0.4) is 0 Å². The molecule has 0 saturated carbocycles. The summed E-state index contributed by atoms with van der Waals surface area (Å²) in [6.45, 7) is 0.748. The van der Waals surface area contributed by atoms with E-state index in [1.807, 2.05) is 34.5 Å². The van der Waals surface area contributed by atoms with Crippen LogP contribution in [0.2, 0.25) is 0 Å². The fraction of sp³-hybridized carbons (Fsp3) is 0.217. The summed E-state index contributed by atoms with van der Waals surface area (Å²) in [4.78, 5) is 19.2. The van der Waals surface area contributed by atoms with Gasteiger partial charge in [-0.25, -0.2) is 9.37 Å². The first-order chi connectivity index (χ1) is 14.1. The van der Waals surface area contributed by atoms with Crippen molar-refractivity contribution in [2.45, 2.75) is 18.9 Å². The number of carbonyl (C=O) groups excluding carboxylic acids is 1. The number of carbonyl (C=O) groups is 1. The zero-order chi connectivity index (χ0) is 20.2. The first-order valence-corrected chi connectivity index (χ1v) is 10.4. The standard InChI is InChI=1S/C23H21FN2O2S/c1-28-20-11-6-16(7-12-20)21-3-2-14-26(21)22(27)13-10-19-15-29-23(25-19)17-4-8-18(24)9-5-17/h4-13,15,21H,2-3,14H2,1H3/b13-10+. The Morgan fingerprint density at radius 2 is 1.97 bits per heavy atom. The summed E-state index contributed by atoms with van der Waals surface area (Å²) < 4.78 is 18.3. The van der Waals surface area contributed by atoms with Crippen LogP contribution in [0.15, 0.2) is 60.0 Å². The van der Waals surface area contributed by atoms with Crippen LogP contribution in [0.5, 0.6) is 5.75 Å². The minimum Gasteiger partial charge on any atom is -0.497 e. The van der Waals surface area contributed by atoms with Gasteiger partial charge in [0.05, 0.1) is 18.8 Å². The van der Waals surface area contributed by atoms with Crippen molar-refractivity contribution in [3.05, 3.63) is 77.1 Å². The van der Waals surface area contributed by atoms with Crippen LogP contribution in [0.1, 0.15) is 30.1 Å². The van der Waals surface area contributed by atoms with Crippen molar-refractivity contribution in [3.8, 4) is 16.3 Å². The molecule has 2 aromatic carbocycles. The van der Waals surface area contributed by atoms with Crippen molar-refractivity contribution in [2.24, 2.45) is 0 Å². The number of hydrogen-bond acceptors (Lipinski definition) is 4. The van der Waals surface area contributed by atoms with E-state index < -0.39 is 0 Å². The van der Waals surface area contributed by atoms with Crippen LogP contribution < -0.4 is 4.74 Å². The number of amides is 1. The third-order valence-electron chi connectivity index (χ3n) is 5.05. The number of hydrogen-bond donors (Lipinski definition) is 0. The number of ether oxygens (including phenoxy) is 1. The Labute approximate surface area is 173 Å². The van der Waals surface area contributed by atoms with E-state index in [-0.39, 0.29) is 17.8 Å². The minimum absolute atomic E-state index is 0.0142. The summed E-state index contributed by atoms with van der Waals surface area (Å²) in [6, 6.07) is 14.2. The normalized spacial score (nSPS) is 16.5. The fourth-order valence-corrected chi connectivity index (χ4v) is 4.34. The molecule has 4 nitrogen and oxygen atoms in total. The molecular formula is C23H21FN2O2S. The molecule has 0 bridgehead atoms. The number of benzene rings is 2. The molecule has 1 atom stereocenters. The molecule has 1 fully saturated rings. The molecule has 1 unspecified atom stereocenters. The average Bonchev–Trinajstić information content (AvgIpc) is 3.42. The number of aromatic nitrogens is 1. The second-order valence-electron chi connectivity index (χ2n) is 6.88. The van der Waals surface area contributed by atoms with Gasteiger partial charge in [-0.2, -0.15) is 0 Å². The average molecular weight is 408 g/mol. The number of rotatable bonds is 5. The van der Waals surface area contributed by atoms with Crippen molar-refractivity contribution < 1.29 is 13.9 Å². The van der Waals surface area contributed by atoms with Gasteiger partial charge in [0.25, 0.3) is 0 Å². The SMILES string of the molecule is COc1ccc(C2CCCN2C(=O)/C=C/c2csc(-c3ccc(F)cc3)n2)cc1. The van der Waals surface area contributed by atoms with Crippen LogP contribution in [0.25, 0.3) is 16.6 Å². The molecule has 29 heavy (non-hydrogen) atoms. The molecule has 1 amide bonds. The van der Waals surface area contributed by atoms with Crippen LogP contribution in [0.4, 0.5) is 4.39 Å². The van der Waals surface area contributed by atoms with Crippen molar-refractivity contribution >= 4 is 23.3 Å². The molecule has 6 heteroatoms. The van der Waals surface area contributed by atoms with E-state index >= 15 is 0 Å². The Morgan fingerprint density at radius 3 is 2.69 bits per heavy atom. The van der Waals surface area contributed by atoms with E-state index in [1.165, 1.54) is 23.5 Å². The third kappa shape index (κ3) is 4.38. The van der Waals surface area contributed by atoms with Crippen molar-refractivity contribution in [3.63, 3.8) is 0 Å². The Hall–Kier alpha value is -2.99. The van der Waals surface area contributed by atoms with E-state index in [0.29, 0.717) is 0 Å². The molecule has 3 aromatic rings. The summed E-state index contributed by atoms with van der Waals surface area (Å²) >= 11 is 1.47. The van der Waals surface area contributed by atoms with Gasteiger partial charge in [0.15, 0.2) is 0 Å². The van der Waals surface area contributed by atoms with E-state index in [2.05, 4.69) is 4.98 Å². The highest BCUT2D eigenvalue weighted by Gasteiger charge is 2.28. The summed E-state index contributed by atoms with van der Waals surface area (Å²) in [5, 5.41) is 2.70. The lowest BCUT2D eigenvalue weighted by atomic mass is 10.0. The largest absolute Gasteiger partial charge is 0.497 e. The Balaban J connectivity index is 1.45. The molecule has 1 aliphatic rings. The molecular weight excluding hydrogens is 387 g/mol. The lowest BCUT2D eigenvalue weighted by Crippen LogP contribution is -2.28. The van der Waals surface area contributed by atoms with Gasteiger partial charge < -0.3 is 9.64 Å². The van der Waals surface area contributed by atoms with Gasteiger partial charge in [-0.1, -0.05) is 12.1 Å². The molecule has 4 rings (SSSR count). The van der Waals surface area contributed by atoms with Gasteiger partial charge in [-0.3, -0.25) is 4.79 Å². The van der Waals surface area contributed by atoms with E-state index in [4.69, 9.17) is 4.74 Å². The number of nitrogens with zero attached hydrogens (tertiary/aromatic N) is 2. The smallest absolute Gasteiger partial charge is 0.247 e. The summed E-state index contributed by atoms with van der Waals surface area (Å²) in [5.74, 6) is 0.526. The molecule has 2 heterocycles. The van der Waals surface area contributed by atoms with E-state index in [1.54, 1.807) is 31.4 Å². The van der Waals surface area contributed by atoms with Crippen LogP contribution >= 0.6 is 11.3 Å². The van der Waals surface area contributed by atoms with Crippen LogP contribution in [-0.4, -0.2) is 29.4 Å². The highest BCUT2D eigenvalue weighted by molar-refractivity contribution is 7.13. The van der Waals surface area contributed by atoms with Crippen LogP contribution in [0, 0.1) is 5.82 Å². The fourth-order valence-electron chi connectivity index (χ4n) is 3.54. The molecule has 1 saturated heterocycles. The molecule has 1 aliphatic heterocycles. The second-order valence-corrected chi connectivity index (χ2v) is 7.74. The molecule has 0 N–H and O–H groups in total. The highest BCUT2D eigenvalue weighted by Crippen LogP contribution is 2.33. The Bertz CT molecular complexity index is 1010. The van der Waals surface area contributed by atoms with Gasteiger partial charge in [0.1, 0.15) is 16.6 Å². The van der Waals surface area contributed by atoms with Gasteiger partial charge in [-0.15, -0.1) is 11.3 Å². The monoisotopic (exact) mass is 408 g/mol. The molecule has 1 aromatic heterocycles. The molecule has 0 aliphatic carbocycles. The number of likely N-dealkylation sites (tertiary alicyclic amines) is 1. The van der Waals surface area contributed by atoms with Crippen molar-refractivity contribution in [2.75, 3.05) is 13.7 Å². The maximum absolute atomic E-state index is 13.1. The van der Waals surface area contributed by atoms with Gasteiger partial charge in [0.2, 0.25) is 5.91 Å². The zero-order valence-electron chi connectivity index (χ0n) is 16.0. The Kier molecular flexibility index (Phi) is 5.71. The number of thiazole rings is 1. The summed E-state index contributed by atoms with van der Waals surface area (Å²) in [7, 11) is 1.64. The molecule has 0 spiro atoms. The molecule has 0 radical (unpaired) electrons. The minimum atomic E-state index is -0.270. The van der Waals surface area contributed by atoms with E-state index in [9.17, 15) is 9.18 Å². The Morgan fingerprint density at radius 1 is 1.21 bits per heavy atom. The zero-order valence-corrected chi connectivity index (χ0v) is 16.9. The first kappa shape index (κ1) is 19.3. The quantitative estimate of drug-likeness (QED) is 0.536. The second kappa shape index (κ2) is 8.57. The van der Waals surface area contributed by atoms with Crippen LogP contribution in [-0.2, 0) is 4.79 Å². The lowest BCUT2D eigenvalue weighted by molar-refractivity contribution is -0.126. The number of halogens is 1. The van der Waals surface area contributed by atoms with Gasteiger partial charge >= 0.3 is 0 Å². The molecule has 148 valence electrons. The highest BCUT2D eigenvalue weighted by atomic mass is 32.1. The topological polar surface area (TPSA) is 42.4 Å². The van der Waals surface area contributed by atoms with Gasteiger partial charge in [-0.05, 0) is 60.9 Å². The number of methoxy groups -OCH3 is 1.